The molecule has 0 heterocycles. The molecule has 0 aliphatic heterocycles. The fourth-order valence-electron chi connectivity index (χ4n) is 1.76. The maximum absolute atomic E-state index is 11.7. The highest BCUT2D eigenvalue weighted by Gasteiger charge is 2.05. The molecule has 5 N–H and O–H groups in total. The smallest absolute Gasteiger partial charge is 0.248 e. The van der Waals surface area contributed by atoms with Gasteiger partial charge in [0.1, 0.15) is 0 Å². The molecule has 1 aromatic carbocycles. The molecule has 6 heteroatoms. The van der Waals surface area contributed by atoms with Gasteiger partial charge in [0.25, 0.3) is 0 Å². The van der Waals surface area contributed by atoms with E-state index in [1.54, 1.807) is 24.3 Å². The molecule has 0 spiro atoms. The van der Waals surface area contributed by atoms with Crippen molar-refractivity contribution in [2.45, 2.75) is 32.1 Å². The van der Waals surface area contributed by atoms with Crippen LogP contribution in [0, 0.1) is 0 Å². The summed E-state index contributed by atoms with van der Waals surface area (Å²) in [6, 6.07) is 6.62. The Morgan fingerprint density at radius 3 is 2.45 bits per heavy atom. The Morgan fingerprint density at radius 1 is 1.10 bits per heavy atom. The average molecular weight is 300 g/mol. The number of hydrogen-bond acceptors (Lipinski definition) is 3. The van der Waals surface area contributed by atoms with Crippen molar-refractivity contribution in [1.29, 1.82) is 0 Å². The van der Waals surface area contributed by atoms with E-state index in [2.05, 4.69) is 5.32 Å². The van der Waals surface area contributed by atoms with Gasteiger partial charge in [0.05, 0.1) is 0 Å². The molecule has 20 heavy (non-hydrogen) atoms. The summed E-state index contributed by atoms with van der Waals surface area (Å²) in [6.07, 6.45) is 4.39. The molecule has 112 valence electrons. The lowest BCUT2D eigenvalue weighted by atomic mass is 10.1. The van der Waals surface area contributed by atoms with Gasteiger partial charge in [0.15, 0.2) is 0 Å². The number of amides is 2. The number of nitrogens with one attached hydrogen (secondary N) is 1. The molecule has 0 atom stereocenters. The summed E-state index contributed by atoms with van der Waals surface area (Å²) in [5.74, 6) is -0.549. The van der Waals surface area contributed by atoms with Crippen LogP contribution in [-0.2, 0) is 4.79 Å². The summed E-state index contributed by atoms with van der Waals surface area (Å²) in [6.45, 7) is 0.701. The fraction of sp³-hybridized carbons (Fsp3) is 0.429. The summed E-state index contributed by atoms with van der Waals surface area (Å²) >= 11 is 0. The molecule has 0 saturated carbocycles. The van der Waals surface area contributed by atoms with Gasteiger partial charge in [-0.2, -0.15) is 0 Å². The second kappa shape index (κ2) is 10.2. The van der Waals surface area contributed by atoms with Crippen molar-refractivity contribution in [1.82, 2.24) is 0 Å². The van der Waals surface area contributed by atoms with Gasteiger partial charge in [-0.25, -0.2) is 0 Å². The number of hydrogen-bond donors (Lipinski definition) is 3. The van der Waals surface area contributed by atoms with E-state index in [4.69, 9.17) is 11.5 Å². The summed E-state index contributed by atoms with van der Waals surface area (Å²) in [5, 5.41) is 2.76. The van der Waals surface area contributed by atoms with Crippen LogP contribution < -0.4 is 16.8 Å². The molecule has 0 aliphatic rings. The highest BCUT2D eigenvalue weighted by atomic mass is 35.5. The lowest BCUT2D eigenvalue weighted by Gasteiger charge is -2.06. The van der Waals surface area contributed by atoms with E-state index in [1.807, 2.05) is 0 Å². The monoisotopic (exact) mass is 299 g/mol. The number of rotatable bonds is 8. The molecule has 0 aliphatic carbocycles. The molecule has 0 unspecified atom stereocenters. The molecule has 0 radical (unpaired) electrons. The Balaban J connectivity index is 0.00000361. The van der Waals surface area contributed by atoms with Crippen LogP contribution >= 0.6 is 12.4 Å². The lowest BCUT2D eigenvalue weighted by Crippen LogP contribution is -2.14. The number of carbonyl (C=O) groups is 2. The normalized spacial score (nSPS) is 9.65. The van der Waals surface area contributed by atoms with Crippen LogP contribution in [0.4, 0.5) is 5.69 Å². The van der Waals surface area contributed by atoms with Crippen molar-refractivity contribution in [2.75, 3.05) is 11.9 Å². The van der Waals surface area contributed by atoms with E-state index < -0.39 is 5.91 Å². The van der Waals surface area contributed by atoms with Crippen LogP contribution in [0.2, 0.25) is 0 Å². The predicted octanol–water partition coefficient (Wildman–Crippen LogP) is 2.05. The highest BCUT2D eigenvalue weighted by Crippen LogP contribution is 2.11. The third-order valence-electron chi connectivity index (χ3n) is 2.79. The SMILES string of the molecule is Cl.NCCCCCCC(=O)Nc1cccc(C(N)=O)c1. The molecular weight excluding hydrogens is 278 g/mol. The van der Waals surface area contributed by atoms with Gasteiger partial charge >= 0.3 is 0 Å². The molecule has 5 nitrogen and oxygen atoms in total. The van der Waals surface area contributed by atoms with E-state index in [0.717, 1.165) is 25.7 Å². The Kier molecular flexibility index (Phi) is 9.41. The Bertz CT molecular complexity index is 438. The minimum atomic E-state index is -0.502. The minimum Gasteiger partial charge on any atom is -0.366 e. The first kappa shape index (κ1) is 18.4. The van der Waals surface area contributed by atoms with E-state index >= 15 is 0 Å². The third kappa shape index (κ3) is 7.11. The van der Waals surface area contributed by atoms with Gasteiger partial charge in [-0.1, -0.05) is 18.9 Å². The summed E-state index contributed by atoms with van der Waals surface area (Å²) in [4.78, 5) is 22.7. The quantitative estimate of drug-likeness (QED) is 0.641. The number of carbonyl (C=O) groups excluding carboxylic acids is 2. The van der Waals surface area contributed by atoms with Crippen LogP contribution in [0.1, 0.15) is 42.5 Å². The topological polar surface area (TPSA) is 98.2 Å². The number of anilines is 1. The average Bonchev–Trinajstić information content (AvgIpc) is 2.38. The van der Waals surface area contributed by atoms with E-state index in [-0.39, 0.29) is 18.3 Å². The van der Waals surface area contributed by atoms with E-state index in [9.17, 15) is 9.59 Å². The number of halogens is 1. The third-order valence-corrected chi connectivity index (χ3v) is 2.79. The summed E-state index contributed by atoms with van der Waals surface area (Å²) in [7, 11) is 0. The van der Waals surface area contributed by atoms with Crippen LogP contribution in [0.5, 0.6) is 0 Å². The molecule has 0 bridgehead atoms. The Hall–Kier alpha value is -1.59. The summed E-state index contributed by atoms with van der Waals surface area (Å²) < 4.78 is 0. The number of benzene rings is 1. The molecule has 0 fully saturated rings. The minimum absolute atomic E-state index is 0. The van der Waals surface area contributed by atoms with Gasteiger partial charge in [-0.15, -0.1) is 12.4 Å². The largest absolute Gasteiger partial charge is 0.366 e. The van der Waals surface area contributed by atoms with Crippen LogP contribution in [0.3, 0.4) is 0 Å². The Labute approximate surface area is 125 Å². The molecular formula is C14H22ClN3O2. The first-order valence-corrected chi connectivity index (χ1v) is 6.53. The Morgan fingerprint density at radius 2 is 1.80 bits per heavy atom. The second-order valence-corrected chi connectivity index (χ2v) is 4.45. The van der Waals surface area contributed by atoms with Crippen molar-refractivity contribution in [3.63, 3.8) is 0 Å². The maximum Gasteiger partial charge on any atom is 0.248 e. The van der Waals surface area contributed by atoms with Gasteiger partial charge in [0, 0.05) is 17.7 Å². The van der Waals surface area contributed by atoms with Crippen molar-refractivity contribution in [2.24, 2.45) is 11.5 Å². The molecule has 1 rings (SSSR count). The number of nitrogens with two attached hydrogens (primary N) is 2. The first-order chi connectivity index (χ1) is 9.13. The number of unbranched alkanes of at least 4 members (excludes halogenated alkanes) is 3. The molecule has 0 aromatic heterocycles. The predicted molar refractivity (Wildman–Crippen MR) is 83.0 cm³/mol. The van der Waals surface area contributed by atoms with Crippen molar-refractivity contribution in [3.8, 4) is 0 Å². The highest BCUT2D eigenvalue weighted by molar-refractivity contribution is 5.96. The first-order valence-electron chi connectivity index (χ1n) is 6.53. The number of primary amides is 1. The van der Waals surface area contributed by atoms with Crippen molar-refractivity contribution >= 4 is 29.9 Å². The standard InChI is InChI=1S/C14H21N3O2.ClH/c15-9-4-2-1-3-8-13(18)17-12-7-5-6-11(10-12)14(16)19;/h5-7,10H,1-4,8-9,15H2,(H2,16,19)(H,17,18);1H. The lowest BCUT2D eigenvalue weighted by molar-refractivity contribution is -0.116. The second-order valence-electron chi connectivity index (χ2n) is 4.45. The van der Waals surface area contributed by atoms with E-state index in [0.29, 0.717) is 24.2 Å². The van der Waals surface area contributed by atoms with Gasteiger partial charge < -0.3 is 16.8 Å². The van der Waals surface area contributed by atoms with Crippen LogP contribution in [-0.4, -0.2) is 18.4 Å². The van der Waals surface area contributed by atoms with Crippen molar-refractivity contribution in [3.05, 3.63) is 29.8 Å². The van der Waals surface area contributed by atoms with Crippen LogP contribution in [0.25, 0.3) is 0 Å². The maximum atomic E-state index is 11.7. The summed E-state index contributed by atoms with van der Waals surface area (Å²) in [5.41, 5.74) is 11.6. The fourth-order valence-corrected chi connectivity index (χ4v) is 1.76. The molecule has 0 saturated heterocycles. The molecule has 2 amide bonds. The zero-order valence-corrected chi connectivity index (χ0v) is 12.2. The van der Waals surface area contributed by atoms with Gasteiger partial charge in [-0.3, -0.25) is 9.59 Å². The molecule has 1 aromatic rings. The zero-order chi connectivity index (χ0) is 14.1. The van der Waals surface area contributed by atoms with E-state index in [1.165, 1.54) is 0 Å². The van der Waals surface area contributed by atoms with Gasteiger partial charge in [-0.05, 0) is 37.6 Å². The zero-order valence-electron chi connectivity index (χ0n) is 11.4. The van der Waals surface area contributed by atoms with Gasteiger partial charge in [0.2, 0.25) is 11.8 Å². The van der Waals surface area contributed by atoms with Crippen LogP contribution in [0.15, 0.2) is 24.3 Å². The van der Waals surface area contributed by atoms with Crippen molar-refractivity contribution < 1.29 is 9.59 Å².